The molecule has 94 valence electrons. The Hall–Kier alpha value is -2.55. The van der Waals surface area contributed by atoms with Gasteiger partial charge in [-0.1, -0.05) is 36.4 Å². The third kappa shape index (κ3) is 2.22. The summed E-state index contributed by atoms with van der Waals surface area (Å²) in [6.45, 7) is 1.98. The van der Waals surface area contributed by atoms with E-state index in [1.807, 2.05) is 31.2 Å². The largest absolute Gasteiger partial charge is 0.397 e. The Morgan fingerprint density at radius 2 is 1.84 bits per heavy atom. The van der Waals surface area contributed by atoms with Gasteiger partial charge in [-0.05, 0) is 30.0 Å². The Balaban J connectivity index is 2.03. The number of hydrogen-bond donors (Lipinski definition) is 2. The van der Waals surface area contributed by atoms with E-state index in [0.717, 1.165) is 17.1 Å². The molecule has 0 unspecified atom stereocenters. The molecule has 3 heteroatoms. The van der Waals surface area contributed by atoms with Crippen LogP contribution in [0.4, 0.5) is 17.2 Å². The van der Waals surface area contributed by atoms with Gasteiger partial charge in [-0.15, -0.1) is 0 Å². The Morgan fingerprint density at radius 3 is 2.68 bits per heavy atom. The zero-order valence-electron chi connectivity index (χ0n) is 10.7. The number of hydrogen-bond acceptors (Lipinski definition) is 3. The molecule has 3 N–H and O–H groups in total. The summed E-state index contributed by atoms with van der Waals surface area (Å²) in [5.41, 5.74) is 8.57. The molecule has 3 aromatic rings. The van der Waals surface area contributed by atoms with Gasteiger partial charge in [-0.25, -0.2) is 4.98 Å². The van der Waals surface area contributed by atoms with Gasteiger partial charge >= 0.3 is 0 Å². The van der Waals surface area contributed by atoms with Gasteiger partial charge in [0.25, 0.3) is 0 Å². The molecule has 3 rings (SSSR count). The minimum absolute atomic E-state index is 0.712. The average Bonchev–Trinajstić information content (AvgIpc) is 2.43. The molecule has 0 bridgehead atoms. The molecule has 0 amide bonds. The molecule has 19 heavy (non-hydrogen) atoms. The summed E-state index contributed by atoms with van der Waals surface area (Å²) in [5, 5.41) is 5.74. The molecule has 1 aromatic heterocycles. The van der Waals surface area contributed by atoms with E-state index in [1.54, 1.807) is 6.20 Å². The summed E-state index contributed by atoms with van der Waals surface area (Å²) >= 11 is 0. The lowest BCUT2D eigenvalue weighted by molar-refractivity contribution is 1.28. The van der Waals surface area contributed by atoms with Crippen LogP contribution in [-0.2, 0) is 0 Å². The number of rotatable bonds is 2. The topological polar surface area (TPSA) is 50.9 Å². The fraction of sp³-hybridized carbons (Fsp3) is 0.0625. The normalized spacial score (nSPS) is 10.6. The Morgan fingerprint density at radius 1 is 1.05 bits per heavy atom. The lowest BCUT2D eigenvalue weighted by Crippen LogP contribution is -1.97. The Kier molecular flexibility index (Phi) is 2.80. The molecule has 0 fully saturated rings. The standard InChI is InChI=1S/C16H15N3/c1-11-9-16(18-10-14(11)17)19-15-8-4-6-12-5-2-3-7-13(12)15/h2-10H,17H2,1H3,(H,18,19). The van der Waals surface area contributed by atoms with Crippen LogP contribution in [0.25, 0.3) is 10.8 Å². The summed E-state index contributed by atoms with van der Waals surface area (Å²) in [6.07, 6.45) is 1.68. The predicted octanol–water partition coefficient (Wildman–Crippen LogP) is 3.87. The zero-order valence-corrected chi connectivity index (χ0v) is 10.7. The number of fused-ring (bicyclic) bond motifs is 1. The number of benzene rings is 2. The number of nitrogens with zero attached hydrogens (tertiary/aromatic N) is 1. The van der Waals surface area contributed by atoms with E-state index in [9.17, 15) is 0 Å². The van der Waals surface area contributed by atoms with Crippen LogP contribution in [0, 0.1) is 6.92 Å². The Labute approximate surface area is 112 Å². The van der Waals surface area contributed by atoms with Gasteiger partial charge in [0, 0.05) is 11.1 Å². The minimum Gasteiger partial charge on any atom is -0.397 e. The maximum Gasteiger partial charge on any atom is 0.130 e. The summed E-state index contributed by atoms with van der Waals surface area (Å²) in [6, 6.07) is 16.4. The van der Waals surface area contributed by atoms with E-state index < -0.39 is 0 Å². The highest BCUT2D eigenvalue weighted by atomic mass is 15.0. The van der Waals surface area contributed by atoms with Gasteiger partial charge in [0.15, 0.2) is 0 Å². The molecule has 0 aliphatic rings. The number of nitrogen functional groups attached to an aromatic ring is 1. The molecule has 0 radical (unpaired) electrons. The van der Waals surface area contributed by atoms with Crippen molar-refractivity contribution in [2.24, 2.45) is 0 Å². The third-order valence-corrected chi connectivity index (χ3v) is 3.20. The second kappa shape index (κ2) is 4.61. The maximum absolute atomic E-state index is 5.78. The average molecular weight is 249 g/mol. The highest BCUT2D eigenvalue weighted by Crippen LogP contribution is 2.26. The number of nitrogens with one attached hydrogen (secondary N) is 1. The van der Waals surface area contributed by atoms with E-state index in [4.69, 9.17) is 5.73 Å². The third-order valence-electron chi connectivity index (χ3n) is 3.20. The van der Waals surface area contributed by atoms with Crippen molar-refractivity contribution in [1.29, 1.82) is 0 Å². The highest BCUT2D eigenvalue weighted by molar-refractivity contribution is 5.95. The Bertz CT molecular complexity index is 730. The fourth-order valence-electron chi connectivity index (χ4n) is 2.11. The lowest BCUT2D eigenvalue weighted by atomic mass is 10.1. The van der Waals surface area contributed by atoms with E-state index in [2.05, 4.69) is 34.6 Å². The van der Waals surface area contributed by atoms with Gasteiger partial charge in [0.05, 0.1) is 11.9 Å². The van der Waals surface area contributed by atoms with Gasteiger partial charge in [-0.3, -0.25) is 0 Å². The van der Waals surface area contributed by atoms with Crippen molar-refractivity contribution in [3.63, 3.8) is 0 Å². The zero-order chi connectivity index (χ0) is 13.2. The lowest BCUT2D eigenvalue weighted by Gasteiger charge is -2.10. The molecule has 2 aromatic carbocycles. The van der Waals surface area contributed by atoms with Gasteiger partial charge < -0.3 is 11.1 Å². The molecule has 0 atom stereocenters. The van der Waals surface area contributed by atoms with Crippen LogP contribution in [-0.4, -0.2) is 4.98 Å². The molecule has 0 saturated heterocycles. The number of aromatic nitrogens is 1. The van der Waals surface area contributed by atoms with E-state index in [1.165, 1.54) is 10.8 Å². The summed E-state index contributed by atoms with van der Waals surface area (Å²) in [7, 11) is 0. The highest BCUT2D eigenvalue weighted by Gasteiger charge is 2.02. The van der Waals surface area contributed by atoms with Crippen molar-refractivity contribution in [2.45, 2.75) is 6.92 Å². The first-order chi connectivity index (χ1) is 9.24. The van der Waals surface area contributed by atoms with Gasteiger partial charge in [0.2, 0.25) is 0 Å². The first-order valence-corrected chi connectivity index (χ1v) is 6.21. The van der Waals surface area contributed by atoms with Crippen molar-refractivity contribution >= 4 is 28.0 Å². The smallest absolute Gasteiger partial charge is 0.130 e. The fourth-order valence-corrected chi connectivity index (χ4v) is 2.11. The van der Waals surface area contributed by atoms with Crippen molar-refractivity contribution in [1.82, 2.24) is 4.98 Å². The molecule has 3 nitrogen and oxygen atoms in total. The number of pyridine rings is 1. The molecule has 0 saturated carbocycles. The first-order valence-electron chi connectivity index (χ1n) is 6.21. The quantitative estimate of drug-likeness (QED) is 0.725. The maximum atomic E-state index is 5.78. The van der Waals surface area contributed by atoms with Crippen LogP contribution < -0.4 is 11.1 Å². The SMILES string of the molecule is Cc1cc(Nc2cccc3ccccc23)ncc1N. The van der Waals surface area contributed by atoms with E-state index >= 15 is 0 Å². The van der Waals surface area contributed by atoms with E-state index in [-0.39, 0.29) is 0 Å². The van der Waals surface area contributed by atoms with Crippen LogP contribution in [0.2, 0.25) is 0 Å². The van der Waals surface area contributed by atoms with Crippen molar-refractivity contribution in [3.8, 4) is 0 Å². The monoisotopic (exact) mass is 249 g/mol. The second-order valence-electron chi connectivity index (χ2n) is 4.58. The predicted molar refractivity (Wildman–Crippen MR) is 80.6 cm³/mol. The van der Waals surface area contributed by atoms with Crippen molar-refractivity contribution < 1.29 is 0 Å². The summed E-state index contributed by atoms with van der Waals surface area (Å²) < 4.78 is 0. The molecular weight excluding hydrogens is 234 g/mol. The van der Waals surface area contributed by atoms with E-state index in [0.29, 0.717) is 5.69 Å². The van der Waals surface area contributed by atoms with Crippen LogP contribution >= 0.6 is 0 Å². The van der Waals surface area contributed by atoms with Crippen LogP contribution in [0.1, 0.15) is 5.56 Å². The summed E-state index contributed by atoms with van der Waals surface area (Å²) in [4.78, 5) is 4.31. The van der Waals surface area contributed by atoms with Gasteiger partial charge in [-0.2, -0.15) is 0 Å². The van der Waals surface area contributed by atoms with Crippen molar-refractivity contribution in [2.75, 3.05) is 11.1 Å². The summed E-state index contributed by atoms with van der Waals surface area (Å²) in [5.74, 6) is 0.808. The minimum atomic E-state index is 0.712. The van der Waals surface area contributed by atoms with Crippen LogP contribution in [0.5, 0.6) is 0 Å². The molecule has 0 aliphatic carbocycles. The van der Waals surface area contributed by atoms with Crippen LogP contribution in [0.15, 0.2) is 54.7 Å². The molecule has 0 aliphatic heterocycles. The number of aryl methyl sites for hydroxylation is 1. The first kappa shape index (κ1) is 11.5. The number of anilines is 3. The molecule has 1 heterocycles. The molecule has 0 spiro atoms. The second-order valence-corrected chi connectivity index (χ2v) is 4.58. The molecular formula is C16H15N3. The van der Waals surface area contributed by atoms with Gasteiger partial charge in [0.1, 0.15) is 5.82 Å². The van der Waals surface area contributed by atoms with Crippen LogP contribution in [0.3, 0.4) is 0 Å². The van der Waals surface area contributed by atoms with Crippen molar-refractivity contribution in [3.05, 3.63) is 60.3 Å². The number of nitrogens with two attached hydrogens (primary N) is 1.